The summed E-state index contributed by atoms with van der Waals surface area (Å²) < 4.78 is 4.97. The Morgan fingerprint density at radius 2 is 2.30 bits per heavy atom. The van der Waals surface area contributed by atoms with Gasteiger partial charge in [-0.2, -0.15) is 5.10 Å². The maximum Gasteiger partial charge on any atom is 0.269 e. The number of aromatic nitrogens is 2. The maximum atomic E-state index is 12.0. The third kappa shape index (κ3) is 3.59. The first-order valence-electron chi connectivity index (χ1n) is 6.21. The van der Waals surface area contributed by atoms with Crippen LogP contribution in [0.1, 0.15) is 17.4 Å². The highest BCUT2D eigenvalue weighted by atomic mass is 35.5. The van der Waals surface area contributed by atoms with E-state index >= 15 is 0 Å². The molecule has 0 saturated heterocycles. The van der Waals surface area contributed by atoms with E-state index in [2.05, 4.69) is 15.5 Å². The van der Waals surface area contributed by atoms with Crippen LogP contribution in [0.15, 0.2) is 30.3 Å². The summed E-state index contributed by atoms with van der Waals surface area (Å²) >= 11 is 5.94. The summed E-state index contributed by atoms with van der Waals surface area (Å²) in [6.45, 7) is 2.33. The van der Waals surface area contributed by atoms with Crippen molar-refractivity contribution >= 4 is 17.5 Å². The number of rotatable bonds is 5. The highest BCUT2D eigenvalue weighted by Crippen LogP contribution is 2.21. The van der Waals surface area contributed by atoms with Crippen LogP contribution in [0.25, 0.3) is 11.3 Å². The number of hydrogen-bond donors (Lipinski definition) is 2. The lowest BCUT2D eigenvalue weighted by molar-refractivity contribution is 0.0900. The number of halogens is 1. The molecule has 2 rings (SSSR count). The van der Waals surface area contributed by atoms with Crippen LogP contribution < -0.4 is 5.32 Å². The van der Waals surface area contributed by atoms with E-state index in [-0.39, 0.29) is 11.9 Å². The predicted molar refractivity (Wildman–Crippen MR) is 77.8 cm³/mol. The molecule has 6 heteroatoms. The van der Waals surface area contributed by atoms with E-state index in [0.29, 0.717) is 23.0 Å². The number of nitrogens with zero attached hydrogens (tertiary/aromatic N) is 1. The second-order valence-corrected chi connectivity index (χ2v) is 4.94. The fraction of sp³-hybridized carbons (Fsp3) is 0.286. The minimum absolute atomic E-state index is 0.0644. The monoisotopic (exact) mass is 293 g/mol. The molecular formula is C14H16ClN3O2. The van der Waals surface area contributed by atoms with E-state index in [9.17, 15) is 4.79 Å². The van der Waals surface area contributed by atoms with Gasteiger partial charge in [0.05, 0.1) is 12.3 Å². The van der Waals surface area contributed by atoms with Crippen molar-refractivity contribution in [2.24, 2.45) is 0 Å². The minimum Gasteiger partial charge on any atom is -0.383 e. The van der Waals surface area contributed by atoms with Crippen molar-refractivity contribution in [3.8, 4) is 11.3 Å². The molecule has 5 nitrogen and oxygen atoms in total. The van der Waals surface area contributed by atoms with Crippen molar-refractivity contribution in [2.45, 2.75) is 13.0 Å². The molecule has 0 saturated carbocycles. The number of amides is 1. The first-order valence-corrected chi connectivity index (χ1v) is 6.59. The lowest BCUT2D eigenvalue weighted by Crippen LogP contribution is -2.35. The number of ether oxygens (including phenoxy) is 1. The third-order valence-electron chi connectivity index (χ3n) is 2.74. The van der Waals surface area contributed by atoms with Crippen molar-refractivity contribution in [1.82, 2.24) is 15.5 Å². The molecule has 1 heterocycles. The molecule has 0 aliphatic rings. The summed E-state index contributed by atoms with van der Waals surface area (Å²) in [7, 11) is 1.59. The number of H-pyrrole nitrogens is 1. The zero-order valence-corrected chi connectivity index (χ0v) is 12.1. The van der Waals surface area contributed by atoms with Gasteiger partial charge in [-0.3, -0.25) is 9.89 Å². The van der Waals surface area contributed by atoms with Crippen LogP contribution >= 0.6 is 11.6 Å². The predicted octanol–water partition coefficient (Wildman–Crippen LogP) is 2.49. The van der Waals surface area contributed by atoms with Gasteiger partial charge in [0.25, 0.3) is 5.91 Å². The normalized spacial score (nSPS) is 12.2. The molecule has 106 valence electrons. The Balaban J connectivity index is 2.11. The Morgan fingerprint density at radius 1 is 1.50 bits per heavy atom. The van der Waals surface area contributed by atoms with Gasteiger partial charge in [-0.1, -0.05) is 23.7 Å². The standard InChI is InChI=1S/C14H16ClN3O2/c1-9(8-20-2)16-14(19)13-7-12(17-18-13)10-4-3-5-11(15)6-10/h3-7,9H,8H2,1-2H3,(H,16,19)(H,17,18)/t9-/m1/s1. The van der Waals surface area contributed by atoms with Gasteiger partial charge < -0.3 is 10.1 Å². The number of carbonyl (C=O) groups excluding carboxylic acids is 1. The zero-order chi connectivity index (χ0) is 14.5. The van der Waals surface area contributed by atoms with Crippen LogP contribution in [0.5, 0.6) is 0 Å². The van der Waals surface area contributed by atoms with Crippen molar-refractivity contribution in [3.05, 3.63) is 41.0 Å². The van der Waals surface area contributed by atoms with E-state index < -0.39 is 0 Å². The molecule has 0 aliphatic heterocycles. The quantitative estimate of drug-likeness (QED) is 0.890. The summed E-state index contributed by atoms with van der Waals surface area (Å²) in [4.78, 5) is 12.0. The summed E-state index contributed by atoms with van der Waals surface area (Å²) in [5.41, 5.74) is 1.94. The SMILES string of the molecule is COC[C@@H](C)NC(=O)c1cc(-c2cccc(Cl)c2)n[nH]1. The van der Waals surface area contributed by atoms with Crippen LogP contribution in [0.4, 0.5) is 0 Å². The average molecular weight is 294 g/mol. The molecule has 20 heavy (non-hydrogen) atoms. The Hall–Kier alpha value is -1.85. The summed E-state index contributed by atoms with van der Waals surface area (Å²) in [5.74, 6) is -0.213. The number of nitrogens with one attached hydrogen (secondary N) is 2. The third-order valence-corrected chi connectivity index (χ3v) is 2.97. The molecule has 0 fully saturated rings. The van der Waals surface area contributed by atoms with Crippen molar-refractivity contribution in [2.75, 3.05) is 13.7 Å². The van der Waals surface area contributed by atoms with E-state index in [4.69, 9.17) is 16.3 Å². The highest BCUT2D eigenvalue weighted by Gasteiger charge is 2.13. The maximum absolute atomic E-state index is 12.0. The molecule has 0 spiro atoms. The topological polar surface area (TPSA) is 67.0 Å². The van der Waals surface area contributed by atoms with E-state index in [1.54, 1.807) is 25.3 Å². The van der Waals surface area contributed by atoms with Gasteiger partial charge in [0.15, 0.2) is 0 Å². The second-order valence-electron chi connectivity index (χ2n) is 4.51. The molecule has 1 aromatic carbocycles. The number of hydrogen-bond acceptors (Lipinski definition) is 3. The molecule has 1 atom stereocenters. The molecule has 2 aromatic rings. The van der Waals surface area contributed by atoms with Crippen LogP contribution in [0.2, 0.25) is 5.02 Å². The Bertz CT molecular complexity index is 598. The Labute approximate surface area is 122 Å². The smallest absolute Gasteiger partial charge is 0.269 e. The van der Waals surface area contributed by atoms with Gasteiger partial charge in [-0.25, -0.2) is 0 Å². The fourth-order valence-corrected chi connectivity index (χ4v) is 2.02. The number of benzene rings is 1. The van der Waals surface area contributed by atoms with Gasteiger partial charge in [0.1, 0.15) is 5.69 Å². The molecule has 0 aliphatic carbocycles. The summed E-state index contributed by atoms with van der Waals surface area (Å²) in [6, 6.07) is 8.94. The van der Waals surface area contributed by atoms with Crippen LogP contribution in [0.3, 0.4) is 0 Å². The number of aromatic amines is 1. The largest absolute Gasteiger partial charge is 0.383 e. The zero-order valence-electron chi connectivity index (χ0n) is 11.3. The lowest BCUT2D eigenvalue weighted by Gasteiger charge is -2.11. The average Bonchev–Trinajstić information content (AvgIpc) is 2.88. The van der Waals surface area contributed by atoms with Crippen molar-refractivity contribution in [1.29, 1.82) is 0 Å². The summed E-state index contributed by atoms with van der Waals surface area (Å²) in [6.07, 6.45) is 0. The fourth-order valence-electron chi connectivity index (χ4n) is 1.83. The first-order chi connectivity index (χ1) is 9.60. The minimum atomic E-state index is -0.213. The van der Waals surface area contributed by atoms with E-state index in [0.717, 1.165) is 5.56 Å². The molecule has 0 bridgehead atoms. The summed E-state index contributed by atoms with van der Waals surface area (Å²) in [5, 5.41) is 10.3. The molecule has 1 aromatic heterocycles. The molecule has 0 unspecified atom stereocenters. The van der Waals surface area contributed by atoms with Gasteiger partial charge in [0.2, 0.25) is 0 Å². The van der Waals surface area contributed by atoms with Crippen LogP contribution in [-0.2, 0) is 4.74 Å². The van der Waals surface area contributed by atoms with Crippen LogP contribution in [0, 0.1) is 0 Å². The van der Waals surface area contributed by atoms with Crippen molar-refractivity contribution in [3.63, 3.8) is 0 Å². The van der Waals surface area contributed by atoms with E-state index in [1.807, 2.05) is 19.1 Å². The lowest BCUT2D eigenvalue weighted by atomic mass is 10.1. The first kappa shape index (κ1) is 14.6. The second kappa shape index (κ2) is 6.54. The van der Waals surface area contributed by atoms with Crippen molar-refractivity contribution < 1.29 is 9.53 Å². The Kier molecular flexibility index (Phi) is 4.76. The number of carbonyl (C=O) groups is 1. The van der Waals surface area contributed by atoms with Gasteiger partial charge >= 0.3 is 0 Å². The molecular weight excluding hydrogens is 278 g/mol. The van der Waals surface area contributed by atoms with Gasteiger partial charge in [-0.15, -0.1) is 0 Å². The molecule has 0 radical (unpaired) electrons. The van der Waals surface area contributed by atoms with Gasteiger partial charge in [0, 0.05) is 23.7 Å². The highest BCUT2D eigenvalue weighted by molar-refractivity contribution is 6.30. The van der Waals surface area contributed by atoms with Crippen LogP contribution in [-0.4, -0.2) is 35.9 Å². The van der Waals surface area contributed by atoms with E-state index in [1.165, 1.54) is 0 Å². The molecule has 1 amide bonds. The number of methoxy groups -OCH3 is 1. The molecule has 2 N–H and O–H groups in total. The Morgan fingerprint density at radius 3 is 3.00 bits per heavy atom. The van der Waals surface area contributed by atoms with Gasteiger partial charge in [-0.05, 0) is 25.1 Å².